The van der Waals surface area contributed by atoms with Gasteiger partial charge < -0.3 is 10.6 Å². The number of guanidine groups is 1. The fraction of sp³-hybridized carbons (Fsp3) is 0.316. The van der Waals surface area contributed by atoms with Crippen LogP contribution in [0.2, 0.25) is 0 Å². The number of nitrogens with one attached hydrogen (secondary N) is 2. The van der Waals surface area contributed by atoms with Crippen molar-refractivity contribution in [3.05, 3.63) is 69.9 Å². The molecule has 0 spiro atoms. The molecule has 2 heterocycles. The van der Waals surface area contributed by atoms with E-state index in [9.17, 15) is 0 Å². The van der Waals surface area contributed by atoms with E-state index in [1.165, 1.54) is 11.1 Å². The van der Waals surface area contributed by atoms with E-state index in [0.717, 1.165) is 42.7 Å². The number of nitrogens with zero attached hydrogens (tertiary/aromatic N) is 4. The van der Waals surface area contributed by atoms with Crippen LogP contribution in [0.3, 0.4) is 0 Å². The van der Waals surface area contributed by atoms with Crippen LogP contribution in [0.25, 0.3) is 0 Å². The molecule has 1 aromatic carbocycles. The van der Waals surface area contributed by atoms with Crippen molar-refractivity contribution in [3.8, 4) is 0 Å². The molecular weight excluding hydrogens is 471 g/mol. The zero-order chi connectivity index (χ0) is 18.2. The zero-order valence-electron chi connectivity index (χ0n) is 15.6. The molecule has 3 aromatic rings. The fourth-order valence-corrected chi connectivity index (χ4v) is 3.30. The average Bonchev–Trinajstić information content (AvgIpc) is 3.30. The molecule has 0 radical (unpaired) electrons. The van der Waals surface area contributed by atoms with Crippen LogP contribution >= 0.6 is 35.3 Å². The highest BCUT2D eigenvalue weighted by Crippen LogP contribution is 2.08. The second-order valence-electron chi connectivity index (χ2n) is 5.98. The maximum absolute atomic E-state index is 4.48. The number of aliphatic imine (C=N–C) groups is 1. The third-order valence-electron chi connectivity index (χ3n) is 3.92. The van der Waals surface area contributed by atoms with E-state index in [1.54, 1.807) is 24.6 Å². The van der Waals surface area contributed by atoms with Crippen molar-refractivity contribution in [2.24, 2.45) is 4.99 Å². The standard InChI is InChI=1S/C19H24N6S.HI/c1-15-24-18(14-26-15)7-9-21-19(20-2)22-12-16-5-3-6-17(11-16)13-25-10-4-8-23-25;/h3-6,8,10-11,14H,7,9,12-13H2,1-2H3,(H2,20,21,22);1H. The van der Waals surface area contributed by atoms with Gasteiger partial charge in [-0.25, -0.2) is 4.98 Å². The number of benzene rings is 1. The molecule has 2 N–H and O–H groups in total. The molecule has 3 rings (SSSR count). The van der Waals surface area contributed by atoms with E-state index in [2.05, 4.69) is 55.4 Å². The lowest BCUT2D eigenvalue weighted by Crippen LogP contribution is -2.37. The molecule has 144 valence electrons. The minimum atomic E-state index is 0. The van der Waals surface area contributed by atoms with Gasteiger partial charge in [0.05, 0.1) is 17.2 Å². The average molecular weight is 496 g/mol. The summed E-state index contributed by atoms with van der Waals surface area (Å²) in [5.41, 5.74) is 3.57. The highest BCUT2D eigenvalue weighted by atomic mass is 127. The van der Waals surface area contributed by atoms with E-state index in [4.69, 9.17) is 0 Å². The molecule has 2 aromatic heterocycles. The Kier molecular flexibility index (Phi) is 8.73. The number of thiazole rings is 1. The van der Waals surface area contributed by atoms with E-state index in [0.29, 0.717) is 0 Å². The molecule has 0 aliphatic rings. The summed E-state index contributed by atoms with van der Waals surface area (Å²) in [6, 6.07) is 10.4. The largest absolute Gasteiger partial charge is 0.356 e. The highest BCUT2D eigenvalue weighted by Gasteiger charge is 2.02. The van der Waals surface area contributed by atoms with Gasteiger partial charge in [-0.2, -0.15) is 5.10 Å². The summed E-state index contributed by atoms with van der Waals surface area (Å²) < 4.78 is 1.92. The highest BCUT2D eigenvalue weighted by molar-refractivity contribution is 14.0. The predicted octanol–water partition coefficient (Wildman–Crippen LogP) is 3.22. The van der Waals surface area contributed by atoms with Crippen LogP contribution in [0.4, 0.5) is 0 Å². The predicted molar refractivity (Wildman–Crippen MR) is 122 cm³/mol. The van der Waals surface area contributed by atoms with Crippen LogP contribution in [0, 0.1) is 6.92 Å². The maximum atomic E-state index is 4.48. The quantitative estimate of drug-likeness (QED) is 0.300. The van der Waals surface area contributed by atoms with Gasteiger partial charge >= 0.3 is 0 Å². The smallest absolute Gasteiger partial charge is 0.191 e. The van der Waals surface area contributed by atoms with Gasteiger partial charge in [-0.05, 0) is 24.1 Å². The number of hydrogen-bond donors (Lipinski definition) is 2. The van der Waals surface area contributed by atoms with Gasteiger partial charge in [0.1, 0.15) is 0 Å². The lowest BCUT2D eigenvalue weighted by Gasteiger charge is -2.12. The van der Waals surface area contributed by atoms with Gasteiger partial charge in [0.15, 0.2) is 5.96 Å². The molecule has 0 saturated heterocycles. The first-order chi connectivity index (χ1) is 12.7. The third kappa shape index (κ3) is 6.94. The SMILES string of the molecule is CN=C(NCCc1csc(C)n1)NCc1cccc(Cn2cccn2)c1.I. The Hall–Kier alpha value is -1.94. The Labute approximate surface area is 181 Å². The van der Waals surface area contributed by atoms with Gasteiger partial charge in [-0.1, -0.05) is 24.3 Å². The van der Waals surface area contributed by atoms with Gasteiger partial charge in [-0.15, -0.1) is 35.3 Å². The minimum absolute atomic E-state index is 0. The molecule has 0 atom stereocenters. The molecule has 0 saturated carbocycles. The molecule has 0 unspecified atom stereocenters. The van der Waals surface area contributed by atoms with Crippen LogP contribution in [-0.4, -0.2) is 34.3 Å². The van der Waals surface area contributed by atoms with Gasteiger partial charge in [-0.3, -0.25) is 9.67 Å². The Balaban J connectivity index is 0.00000261. The van der Waals surface area contributed by atoms with Crippen LogP contribution in [0.1, 0.15) is 21.8 Å². The molecule has 0 bridgehead atoms. The Morgan fingerprint density at radius 3 is 2.78 bits per heavy atom. The van der Waals surface area contributed by atoms with Gasteiger partial charge in [0.25, 0.3) is 0 Å². The van der Waals surface area contributed by atoms with Crippen molar-refractivity contribution in [2.75, 3.05) is 13.6 Å². The molecule has 8 heteroatoms. The number of halogens is 1. The van der Waals surface area contributed by atoms with Crippen molar-refractivity contribution >= 4 is 41.3 Å². The van der Waals surface area contributed by atoms with Crippen molar-refractivity contribution in [1.82, 2.24) is 25.4 Å². The Bertz CT molecular complexity index is 844. The van der Waals surface area contributed by atoms with Crippen molar-refractivity contribution in [3.63, 3.8) is 0 Å². The van der Waals surface area contributed by atoms with Crippen LogP contribution in [-0.2, 0) is 19.5 Å². The molecule has 0 amide bonds. The van der Waals surface area contributed by atoms with Gasteiger partial charge in [0, 0.05) is 44.3 Å². The molecule has 0 fully saturated rings. The second-order valence-corrected chi connectivity index (χ2v) is 7.05. The normalized spacial score (nSPS) is 11.1. The molecular formula is C19H25IN6S. The summed E-state index contributed by atoms with van der Waals surface area (Å²) in [6.07, 6.45) is 4.67. The summed E-state index contributed by atoms with van der Waals surface area (Å²) in [5.74, 6) is 0.800. The number of hydrogen-bond acceptors (Lipinski definition) is 4. The second kappa shape index (κ2) is 11.0. The first-order valence-corrected chi connectivity index (χ1v) is 9.51. The summed E-state index contributed by atoms with van der Waals surface area (Å²) in [5, 5.41) is 14.2. The third-order valence-corrected chi connectivity index (χ3v) is 4.74. The lowest BCUT2D eigenvalue weighted by atomic mass is 10.1. The Morgan fingerprint density at radius 2 is 2.07 bits per heavy atom. The fourth-order valence-electron chi connectivity index (χ4n) is 2.66. The van der Waals surface area contributed by atoms with Crippen LogP contribution in [0.5, 0.6) is 0 Å². The minimum Gasteiger partial charge on any atom is -0.356 e. The van der Waals surface area contributed by atoms with E-state index in [-0.39, 0.29) is 24.0 Å². The van der Waals surface area contributed by atoms with Gasteiger partial charge in [0.2, 0.25) is 0 Å². The zero-order valence-corrected chi connectivity index (χ0v) is 18.7. The first kappa shape index (κ1) is 21.4. The first-order valence-electron chi connectivity index (χ1n) is 8.63. The van der Waals surface area contributed by atoms with E-state index in [1.807, 2.05) is 23.9 Å². The lowest BCUT2D eigenvalue weighted by molar-refractivity contribution is 0.685. The molecule has 0 aliphatic heterocycles. The van der Waals surface area contributed by atoms with E-state index >= 15 is 0 Å². The van der Waals surface area contributed by atoms with Crippen molar-refractivity contribution in [2.45, 2.75) is 26.4 Å². The molecule has 6 nitrogen and oxygen atoms in total. The molecule has 27 heavy (non-hydrogen) atoms. The monoisotopic (exact) mass is 496 g/mol. The van der Waals surface area contributed by atoms with Crippen molar-refractivity contribution < 1.29 is 0 Å². The maximum Gasteiger partial charge on any atom is 0.191 e. The van der Waals surface area contributed by atoms with E-state index < -0.39 is 0 Å². The van der Waals surface area contributed by atoms with Crippen molar-refractivity contribution in [1.29, 1.82) is 0 Å². The number of rotatable bonds is 7. The summed E-state index contributed by atoms with van der Waals surface area (Å²) >= 11 is 1.69. The number of aromatic nitrogens is 3. The molecule has 0 aliphatic carbocycles. The van der Waals surface area contributed by atoms with Crippen LogP contribution < -0.4 is 10.6 Å². The van der Waals surface area contributed by atoms with Crippen LogP contribution in [0.15, 0.2) is 53.1 Å². The summed E-state index contributed by atoms with van der Waals surface area (Å²) in [6.45, 7) is 4.34. The number of aryl methyl sites for hydroxylation is 1. The summed E-state index contributed by atoms with van der Waals surface area (Å²) in [7, 11) is 1.79. The topological polar surface area (TPSA) is 67.1 Å². The Morgan fingerprint density at radius 1 is 1.22 bits per heavy atom. The summed E-state index contributed by atoms with van der Waals surface area (Å²) in [4.78, 5) is 8.76.